The molecule has 3 heterocycles. The number of amides is 2. The van der Waals surface area contributed by atoms with Gasteiger partial charge in [0.05, 0.1) is 18.1 Å². The van der Waals surface area contributed by atoms with Gasteiger partial charge >= 0.3 is 12.2 Å². The molecule has 0 saturated heterocycles. The summed E-state index contributed by atoms with van der Waals surface area (Å²) in [4.78, 5) is 24.5. The van der Waals surface area contributed by atoms with Gasteiger partial charge in [0.25, 0.3) is 6.47 Å². The molecule has 0 fully saturated rings. The highest BCUT2D eigenvalue weighted by Gasteiger charge is 2.27. The Labute approximate surface area is 185 Å². The number of pyridine rings is 1. The second-order valence-corrected chi connectivity index (χ2v) is 6.80. The number of nitrogens with zero attached hydrogens (tertiary/aromatic N) is 4. The summed E-state index contributed by atoms with van der Waals surface area (Å²) in [6.45, 7) is -1.65. The van der Waals surface area contributed by atoms with E-state index in [0.717, 1.165) is 28.0 Å². The van der Waals surface area contributed by atoms with Crippen LogP contribution >= 0.6 is 0 Å². The van der Waals surface area contributed by atoms with Crippen molar-refractivity contribution < 1.29 is 27.9 Å². The molecular formula is C21H19F3N6O3. The summed E-state index contributed by atoms with van der Waals surface area (Å²) < 4.78 is 40.3. The molecule has 2 amide bonds. The lowest BCUT2D eigenvalue weighted by molar-refractivity contribution is -0.123. The summed E-state index contributed by atoms with van der Waals surface area (Å²) in [7, 11) is 1.85. The highest BCUT2D eigenvalue weighted by Crippen LogP contribution is 2.26. The number of fused-ring (bicyclic) bond motifs is 1. The predicted octanol–water partition coefficient (Wildman–Crippen LogP) is 3.79. The van der Waals surface area contributed by atoms with Crippen LogP contribution in [0.2, 0.25) is 0 Å². The van der Waals surface area contributed by atoms with Gasteiger partial charge in [0, 0.05) is 36.3 Å². The number of halogens is 3. The number of alkyl halides is 3. The fourth-order valence-corrected chi connectivity index (χ4v) is 3.06. The van der Waals surface area contributed by atoms with Crippen LogP contribution < -0.4 is 10.6 Å². The van der Waals surface area contributed by atoms with E-state index in [1.165, 1.54) is 0 Å². The van der Waals surface area contributed by atoms with Gasteiger partial charge < -0.3 is 15.7 Å². The third kappa shape index (κ3) is 6.09. The SMILES string of the molecule is Cn1cc(-c2ccn3c(-c4cccc(NC(=O)NCC(F)(F)F)c4)cnc3c2)cn1.O=CO. The van der Waals surface area contributed by atoms with Crippen molar-refractivity contribution in [2.45, 2.75) is 6.18 Å². The first-order valence-electron chi connectivity index (χ1n) is 9.46. The van der Waals surface area contributed by atoms with Gasteiger partial charge in [0.1, 0.15) is 12.2 Å². The van der Waals surface area contributed by atoms with E-state index in [2.05, 4.69) is 15.4 Å². The van der Waals surface area contributed by atoms with Crippen LogP contribution in [-0.2, 0) is 11.8 Å². The molecule has 9 nitrogen and oxygen atoms in total. The number of carboxylic acid groups (broad SMARTS) is 1. The molecule has 0 unspecified atom stereocenters. The molecule has 1 aromatic carbocycles. The van der Waals surface area contributed by atoms with Gasteiger partial charge in [-0.05, 0) is 29.8 Å². The van der Waals surface area contributed by atoms with Crippen LogP contribution in [0.1, 0.15) is 0 Å². The summed E-state index contributed by atoms with van der Waals surface area (Å²) in [5, 5.41) is 15.2. The molecule has 0 radical (unpaired) electrons. The normalized spacial score (nSPS) is 10.9. The summed E-state index contributed by atoms with van der Waals surface area (Å²) in [6.07, 6.45) is 2.80. The number of aryl methyl sites for hydroxylation is 1. The highest BCUT2D eigenvalue weighted by molar-refractivity contribution is 5.90. The van der Waals surface area contributed by atoms with Crippen molar-refractivity contribution in [3.05, 3.63) is 61.2 Å². The van der Waals surface area contributed by atoms with E-state index in [0.29, 0.717) is 5.69 Å². The maximum absolute atomic E-state index is 12.2. The van der Waals surface area contributed by atoms with Crippen LogP contribution in [0.5, 0.6) is 0 Å². The first-order chi connectivity index (χ1) is 15.7. The predicted molar refractivity (Wildman–Crippen MR) is 115 cm³/mol. The summed E-state index contributed by atoms with van der Waals surface area (Å²) in [5.41, 5.74) is 4.58. The van der Waals surface area contributed by atoms with Crippen molar-refractivity contribution >= 4 is 23.8 Å². The Morgan fingerprint density at radius 1 is 1.15 bits per heavy atom. The minimum absolute atomic E-state index is 0.250. The number of carbonyl (C=O) groups excluding carboxylic acids is 1. The zero-order valence-electron chi connectivity index (χ0n) is 17.2. The number of urea groups is 1. The van der Waals surface area contributed by atoms with Crippen molar-refractivity contribution in [3.63, 3.8) is 0 Å². The third-order valence-corrected chi connectivity index (χ3v) is 4.42. The topological polar surface area (TPSA) is 114 Å². The van der Waals surface area contributed by atoms with Crippen molar-refractivity contribution in [1.29, 1.82) is 0 Å². The minimum atomic E-state index is -4.47. The number of carbonyl (C=O) groups is 2. The lowest BCUT2D eigenvalue weighted by Gasteiger charge is -2.11. The minimum Gasteiger partial charge on any atom is -0.483 e. The van der Waals surface area contributed by atoms with Crippen molar-refractivity contribution in [3.8, 4) is 22.4 Å². The maximum Gasteiger partial charge on any atom is 0.405 e. The van der Waals surface area contributed by atoms with Crippen LogP contribution in [0, 0.1) is 0 Å². The molecule has 3 aromatic heterocycles. The van der Waals surface area contributed by atoms with E-state index in [1.807, 2.05) is 42.0 Å². The van der Waals surface area contributed by atoms with Crippen molar-refractivity contribution in [1.82, 2.24) is 24.5 Å². The number of aromatic nitrogens is 4. The van der Waals surface area contributed by atoms with Gasteiger partial charge in [0.2, 0.25) is 0 Å². The van der Waals surface area contributed by atoms with E-state index >= 15 is 0 Å². The van der Waals surface area contributed by atoms with E-state index < -0.39 is 18.8 Å². The summed E-state index contributed by atoms with van der Waals surface area (Å²) >= 11 is 0. The average Bonchev–Trinajstić information content (AvgIpc) is 3.38. The Morgan fingerprint density at radius 2 is 1.91 bits per heavy atom. The lowest BCUT2D eigenvalue weighted by Crippen LogP contribution is -2.36. The molecule has 0 saturated carbocycles. The fraction of sp³-hybridized carbons (Fsp3) is 0.143. The van der Waals surface area contributed by atoms with Crippen LogP contribution in [0.4, 0.5) is 23.7 Å². The summed E-state index contributed by atoms with van der Waals surface area (Å²) in [5.74, 6) is 0. The van der Waals surface area contributed by atoms with Crippen LogP contribution in [-0.4, -0.2) is 49.5 Å². The second kappa shape index (κ2) is 9.85. The Morgan fingerprint density at radius 3 is 2.58 bits per heavy atom. The molecule has 12 heteroatoms. The number of hydrogen-bond acceptors (Lipinski definition) is 4. The number of benzene rings is 1. The molecular weight excluding hydrogens is 441 g/mol. The van der Waals surface area contributed by atoms with Crippen molar-refractivity contribution in [2.24, 2.45) is 7.05 Å². The number of nitrogens with one attached hydrogen (secondary N) is 2. The molecule has 4 aromatic rings. The monoisotopic (exact) mass is 460 g/mol. The number of anilines is 1. The Bertz CT molecular complexity index is 1270. The standard InChI is InChI=1S/C20H17F3N6O.CH2O2/c1-28-11-15(9-26-28)13-5-6-29-17(10-24-18(29)8-13)14-3-2-4-16(7-14)27-19(30)25-12-20(21,22)23;2-1-3/h2-11H,12H2,1H3,(H2,25,27,30);1H,(H,2,3). The molecule has 0 aliphatic heterocycles. The Balaban J connectivity index is 0.000000968. The number of rotatable bonds is 4. The fourth-order valence-electron chi connectivity index (χ4n) is 3.06. The van der Waals surface area contributed by atoms with Gasteiger partial charge in [-0.3, -0.25) is 13.9 Å². The molecule has 172 valence electrons. The van der Waals surface area contributed by atoms with Crippen LogP contribution in [0.3, 0.4) is 0 Å². The third-order valence-electron chi connectivity index (χ3n) is 4.42. The Kier molecular flexibility index (Phi) is 6.96. The number of hydrogen-bond donors (Lipinski definition) is 3. The molecule has 0 atom stereocenters. The summed E-state index contributed by atoms with van der Waals surface area (Å²) in [6, 6.07) is 9.76. The first kappa shape index (κ1) is 23.3. The van der Waals surface area contributed by atoms with Gasteiger partial charge in [-0.25, -0.2) is 9.78 Å². The molecule has 0 aliphatic carbocycles. The van der Waals surface area contributed by atoms with E-state index in [9.17, 15) is 18.0 Å². The zero-order valence-corrected chi connectivity index (χ0v) is 17.2. The van der Waals surface area contributed by atoms with Gasteiger partial charge in [-0.2, -0.15) is 18.3 Å². The molecule has 0 bridgehead atoms. The molecule has 0 aliphatic rings. The van der Waals surface area contributed by atoms with Gasteiger partial charge in [-0.1, -0.05) is 12.1 Å². The van der Waals surface area contributed by atoms with Gasteiger partial charge in [0.15, 0.2) is 0 Å². The van der Waals surface area contributed by atoms with E-state index in [1.54, 1.807) is 40.6 Å². The van der Waals surface area contributed by atoms with E-state index in [4.69, 9.17) is 9.90 Å². The smallest absolute Gasteiger partial charge is 0.405 e. The van der Waals surface area contributed by atoms with E-state index in [-0.39, 0.29) is 6.47 Å². The van der Waals surface area contributed by atoms with Crippen LogP contribution in [0.25, 0.3) is 28.0 Å². The maximum atomic E-state index is 12.2. The quantitative estimate of drug-likeness (QED) is 0.401. The molecule has 33 heavy (non-hydrogen) atoms. The lowest BCUT2D eigenvalue weighted by atomic mass is 10.1. The Hall–Kier alpha value is -4.35. The zero-order chi connectivity index (χ0) is 24.0. The highest BCUT2D eigenvalue weighted by atomic mass is 19.4. The second-order valence-electron chi connectivity index (χ2n) is 6.80. The van der Waals surface area contributed by atoms with Crippen molar-refractivity contribution in [2.75, 3.05) is 11.9 Å². The van der Waals surface area contributed by atoms with Crippen LogP contribution in [0.15, 0.2) is 61.2 Å². The number of imidazole rings is 1. The molecule has 3 N–H and O–H groups in total. The van der Waals surface area contributed by atoms with Gasteiger partial charge in [-0.15, -0.1) is 0 Å². The first-order valence-corrected chi connectivity index (χ1v) is 9.46. The average molecular weight is 460 g/mol. The largest absolute Gasteiger partial charge is 0.483 e. The molecule has 0 spiro atoms. The molecule has 4 rings (SSSR count).